The number of para-hydroxylation sites is 1. The number of nitrogens with zero attached hydrogens (tertiary/aromatic N) is 7. The van der Waals surface area contributed by atoms with Gasteiger partial charge in [-0.05, 0) is 149 Å². The fraction of sp³-hybridized carbons (Fsp3) is 0.509. The van der Waals surface area contributed by atoms with Crippen molar-refractivity contribution in [2.45, 2.75) is 102 Å². The molecule has 0 bridgehead atoms. The number of phenolic OH excluding ortho intramolecular Hbond substituents is 1. The van der Waals surface area contributed by atoms with Gasteiger partial charge in [-0.3, -0.25) is 24.6 Å². The van der Waals surface area contributed by atoms with Crippen LogP contribution in [0.3, 0.4) is 0 Å². The van der Waals surface area contributed by atoms with E-state index in [1.54, 1.807) is 18.3 Å². The molecule has 15 heteroatoms. The zero-order chi connectivity index (χ0) is 48.5. The number of amides is 2. The molecule has 4 saturated heterocycles. The third kappa shape index (κ3) is 8.98. The Morgan fingerprint density at radius 3 is 2.46 bits per heavy atom. The minimum absolute atomic E-state index is 0.0112. The Labute approximate surface area is 407 Å². The van der Waals surface area contributed by atoms with E-state index in [-0.39, 0.29) is 34.2 Å². The van der Waals surface area contributed by atoms with Crippen molar-refractivity contribution in [2.75, 3.05) is 63.9 Å². The van der Waals surface area contributed by atoms with E-state index in [1.165, 1.54) is 17.7 Å². The number of rotatable bonds is 12. The van der Waals surface area contributed by atoms with Gasteiger partial charge in [0.2, 0.25) is 17.7 Å². The number of aryl methyl sites for hydroxylation is 2. The number of pyridine rings is 2. The lowest BCUT2D eigenvalue weighted by Gasteiger charge is -2.39. The number of carbonyl (C=O) groups is 2. The van der Waals surface area contributed by atoms with Gasteiger partial charge >= 0.3 is 0 Å². The predicted molar refractivity (Wildman–Crippen MR) is 266 cm³/mol. The van der Waals surface area contributed by atoms with Gasteiger partial charge < -0.3 is 29.6 Å². The molecule has 2 atom stereocenters. The number of aromatic nitrogens is 4. The summed E-state index contributed by atoms with van der Waals surface area (Å²) in [6.45, 7) is 11.4. The molecule has 3 N–H and O–H groups in total. The van der Waals surface area contributed by atoms with Crippen LogP contribution in [0.2, 0.25) is 0 Å². The quantitative estimate of drug-likeness (QED) is 0.101. The van der Waals surface area contributed by atoms with Gasteiger partial charge in [-0.1, -0.05) is 31.2 Å². The number of ether oxygens (including phenoxy) is 1. The van der Waals surface area contributed by atoms with Crippen molar-refractivity contribution in [2.24, 2.45) is 18.4 Å². The van der Waals surface area contributed by atoms with Crippen LogP contribution in [0.4, 0.5) is 14.5 Å². The van der Waals surface area contributed by atoms with Gasteiger partial charge in [0, 0.05) is 73.7 Å². The molecule has 368 valence electrons. The molecule has 11 rings (SSSR count). The van der Waals surface area contributed by atoms with Crippen LogP contribution in [-0.4, -0.2) is 116 Å². The first-order valence-corrected chi connectivity index (χ1v) is 25.5. The molecule has 0 radical (unpaired) electrons. The third-order valence-corrected chi connectivity index (χ3v) is 16.3. The Kier molecular flexibility index (Phi) is 12.3. The van der Waals surface area contributed by atoms with E-state index in [9.17, 15) is 19.8 Å². The summed E-state index contributed by atoms with van der Waals surface area (Å²) in [5.74, 6) is -0.651. The summed E-state index contributed by atoms with van der Waals surface area (Å²) in [6.07, 6.45) is 10.8. The second kappa shape index (κ2) is 18.4. The smallest absolute Gasteiger partial charge is 0.235 e. The van der Waals surface area contributed by atoms with Crippen molar-refractivity contribution >= 4 is 50.1 Å². The number of carbonyl (C=O) groups excluding carboxylic acids is 2. The van der Waals surface area contributed by atoms with E-state index in [4.69, 9.17) is 14.8 Å². The summed E-state index contributed by atoms with van der Waals surface area (Å²) in [6, 6.07) is 14.2. The molecule has 2 amide bonds. The van der Waals surface area contributed by atoms with E-state index >= 15 is 8.78 Å². The fourth-order valence-corrected chi connectivity index (χ4v) is 12.4. The van der Waals surface area contributed by atoms with E-state index in [1.807, 2.05) is 31.6 Å². The molecule has 6 aromatic rings. The number of β-amino-alcohol motifs (C(OH)–C–C–N with tert-alkyl or cyclic N) is 1. The highest BCUT2D eigenvalue weighted by atomic mass is 19.1. The van der Waals surface area contributed by atoms with Crippen molar-refractivity contribution in [3.63, 3.8) is 0 Å². The van der Waals surface area contributed by atoms with Gasteiger partial charge in [-0.25, -0.2) is 13.8 Å². The lowest BCUT2D eigenvalue weighted by atomic mass is 9.86. The van der Waals surface area contributed by atoms with Crippen LogP contribution in [0.5, 0.6) is 11.6 Å². The number of halogens is 2. The zero-order valence-corrected chi connectivity index (χ0v) is 40.6. The fourth-order valence-electron chi connectivity index (χ4n) is 12.4. The molecule has 13 nitrogen and oxygen atoms in total. The molecule has 5 aliphatic rings. The van der Waals surface area contributed by atoms with Gasteiger partial charge in [-0.2, -0.15) is 5.10 Å². The van der Waals surface area contributed by atoms with Crippen molar-refractivity contribution in [1.82, 2.24) is 34.9 Å². The molecule has 70 heavy (non-hydrogen) atoms. The average Bonchev–Trinajstić information content (AvgIpc) is 4.03. The molecule has 3 aromatic heterocycles. The maximum atomic E-state index is 17.2. The molecular weight excluding hydrogens is 891 g/mol. The Morgan fingerprint density at radius 1 is 0.929 bits per heavy atom. The zero-order valence-electron chi connectivity index (χ0n) is 40.6. The Bertz CT molecular complexity index is 3010. The van der Waals surface area contributed by atoms with E-state index < -0.39 is 23.2 Å². The minimum Gasteiger partial charge on any atom is -0.508 e. The summed E-state index contributed by atoms with van der Waals surface area (Å²) in [7, 11) is 1.97. The number of fused-ring (bicyclic) bond motifs is 3. The number of anilines is 1. The number of piperidine rings is 4. The maximum Gasteiger partial charge on any atom is 0.235 e. The van der Waals surface area contributed by atoms with Gasteiger partial charge in [0.15, 0.2) is 5.82 Å². The Balaban J connectivity index is 0.743. The lowest BCUT2D eigenvalue weighted by molar-refractivity contribution is -0.134. The molecule has 0 spiro atoms. The molecule has 1 saturated carbocycles. The summed E-state index contributed by atoms with van der Waals surface area (Å²) < 4.78 is 40.9. The maximum absolute atomic E-state index is 17.2. The number of hydrogen-bond acceptors (Lipinski definition) is 11. The van der Waals surface area contributed by atoms with Crippen LogP contribution in [0, 0.1) is 23.0 Å². The largest absolute Gasteiger partial charge is 0.508 e. The summed E-state index contributed by atoms with van der Waals surface area (Å²) >= 11 is 0. The number of benzene rings is 3. The molecule has 3 aromatic carbocycles. The summed E-state index contributed by atoms with van der Waals surface area (Å²) in [5.41, 5.74) is 3.71. The molecule has 7 heterocycles. The van der Waals surface area contributed by atoms with E-state index in [0.29, 0.717) is 96.1 Å². The highest BCUT2D eigenvalue weighted by molar-refractivity contribution is 6.03. The molecule has 1 aliphatic carbocycles. The second-order valence-corrected chi connectivity index (χ2v) is 21.5. The molecule has 5 fully saturated rings. The molecular formula is C55H64F2N8O5. The molecule has 4 aliphatic heterocycles. The average molecular weight is 955 g/mol. The monoisotopic (exact) mass is 954 g/mol. The van der Waals surface area contributed by atoms with Crippen LogP contribution in [0.15, 0.2) is 54.7 Å². The topological polar surface area (TPSA) is 149 Å². The number of hydrogen-bond donors (Lipinski definition) is 3. The first-order chi connectivity index (χ1) is 33.7. The Morgan fingerprint density at radius 2 is 1.71 bits per heavy atom. The van der Waals surface area contributed by atoms with E-state index in [0.717, 1.165) is 101 Å². The van der Waals surface area contributed by atoms with Crippen LogP contribution in [0.1, 0.15) is 107 Å². The van der Waals surface area contributed by atoms with Crippen LogP contribution in [-0.2, 0) is 23.1 Å². The number of aromatic hydroxyl groups is 1. The van der Waals surface area contributed by atoms with Crippen molar-refractivity contribution in [1.29, 1.82) is 0 Å². The lowest BCUT2D eigenvalue weighted by Crippen LogP contribution is -2.46. The van der Waals surface area contributed by atoms with Crippen LogP contribution >= 0.6 is 0 Å². The van der Waals surface area contributed by atoms with Crippen LogP contribution in [0.25, 0.3) is 43.8 Å². The Hall–Kier alpha value is -5.77. The van der Waals surface area contributed by atoms with Gasteiger partial charge in [-0.15, -0.1) is 0 Å². The standard InChI is InChI=1S/C55H64F2N8O5/c1-4-37-43(56)11-9-35-25-36(66)26-41(47(35)37)50-48(57)51-42(28-58-50)44(65-20-6-17-54(2,69)30-65)27-46(60-51)70-32-55(18-19-55)31-64-21-13-33(14-22-64)29-63-23-15-34(16-24-63)38-7-5-8-39-49(61-62(3)52(38)39)40-10-12-45(67)59-53(40)68/h5,7-9,11,25-28,33-34,40,66,69H,4,6,10,12-24,29-32H2,1-3H3,(H,59,67,68)/t40?,54-/m1/s1. The van der Waals surface area contributed by atoms with Crippen molar-refractivity contribution in [3.8, 4) is 22.9 Å². The van der Waals surface area contributed by atoms with Crippen molar-refractivity contribution < 1.29 is 33.3 Å². The summed E-state index contributed by atoms with van der Waals surface area (Å²) in [4.78, 5) is 41.4. The number of phenols is 1. The SMILES string of the molecule is CCc1c(F)ccc2cc(O)cc(-c3ncc4c(N5CCC[C@@](C)(O)C5)cc(OCC5(CN6CCC(CN7CCC(c8cccc9c(C%10CCC(=O)NC%10=O)nn(C)c89)CC7)CC6)CC5)nc4c3F)c12. The highest BCUT2D eigenvalue weighted by Crippen LogP contribution is 2.48. The molecule has 1 unspecified atom stereocenters. The predicted octanol–water partition coefficient (Wildman–Crippen LogP) is 8.50. The van der Waals surface area contributed by atoms with E-state index in [2.05, 4.69) is 43.2 Å². The number of imide groups is 1. The third-order valence-electron chi connectivity index (χ3n) is 16.3. The normalized spacial score (nSPS) is 22.9. The highest BCUT2D eigenvalue weighted by Gasteiger charge is 2.45. The van der Waals surface area contributed by atoms with Gasteiger partial charge in [0.05, 0.1) is 35.0 Å². The van der Waals surface area contributed by atoms with Crippen LogP contribution < -0.4 is 15.0 Å². The van der Waals surface area contributed by atoms with Gasteiger partial charge in [0.25, 0.3) is 0 Å². The first kappa shape index (κ1) is 46.6. The summed E-state index contributed by atoms with van der Waals surface area (Å²) in [5, 5.41) is 31.8. The minimum atomic E-state index is -0.922. The number of nitrogens with one attached hydrogen (secondary N) is 1. The second-order valence-electron chi connectivity index (χ2n) is 21.5. The van der Waals surface area contributed by atoms with Gasteiger partial charge in [0.1, 0.15) is 22.8 Å². The number of likely N-dealkylation sites (tertiary alicyclic amines) is 2. The van der Waals surface area contributed by atoms with Crippen molar-refractivity contribution in [3.05, 3.63) is 83.2 Å². The first-order valence-electron chi connectivity index (χ1n) is 25.5. The number of aliphatic hydroxyl groups is 1.